The minimum atomic E-state index is -3.35. The largest absolute Gasteiger partial charge is 0.346 e. The zero-order valence-corrected chi connectivity index (χ0v) is 12.2. The lowest BCUT2D eigenvalue weighted by molar-refractivity contribution is -0.0567. The van der Waals surface area contributed by atoms with E-state index in [0.717, 1.165) is 5.56 Å². The van der Waals surface area contributed by atoms with E-state index in [4.69, 9.17) is 9.47 Å². The van der Waals surface area contributed by atoms with Gasteiger partial charge in [-0.05, 0) is 12.1 Å². The van der Waals surface area contributed by atoms with Crippen molar-refractivity contribution in [1.82, 2.24) is 0 Å². The Hall–Kier alpha value is -1.69. The fraction of sp³-hybridized carbons (Fsp3) is 0.250. The third kappa shape index (κ3) is 3.32. The molecule has 0 spiro atoms. The smallest absolute Gasteiger partial charge is 0.184 e. The van der Waals surface area contributed by atoms with Crippen LogP contribution in [0.1, 0.15) is 11.9 Å². The standard InChI is InChI=1S/C16H16O4S/c17-21(18,15-9-5-2-6-10-15)12-14-11-19-16(20-14)13-7-3-1-4-8-13/h1-10,14,16H,11-12H2. The molecule has 2 unspecified atom stereocenters. The van der Waals surface area contributed by atoms with E-state index in [1.807, 2.05) is 30.3 Å². The summed E-state index contributed by atoms with van der Waals surface area (Å²) in [5, 5.41) is 0. The van der Waals surface area contributed by atoms with Crippen molar-refractivity contribution in [2.75, 3.05) is 12.4 Å². The zero-order chi connectivity index (χ0) is 14.7. The minimum Gasteiger partial charge on any atom is -0.346 e. The van der Waals surface area contributed by atoms with E-state index >= 15 is 0 Å². The average Bonchev–Trinajstić information content (AvgIpc) is 2.97. The van der Waals surface area contributed by atoms with E-state index in [1.54, 1.807) is 30.3 Å². The van der Waals surface area contributed by atoms with Crippen LogP contribution in [-0.2, 0) is 19.3 Å². The Kier molecular flexibility index (Phi) is 4.05. The molecule has 1 fully saturated rings. The van der Waals surface area contributed by atoms with Crippen LogP contribution in [0.15, 0.2) is 65.6 Å². The fourth-order valence-corrected chi connectivity index (χ4v) is 3.72. The second kappa shape index (κ2) is 5.97. The molecule has 2 aromatic carbocycles. The molecule has 1 saturated heterocycles. The summed E-state index contributed by atoms with van der Waals surface area (Å²) in [6, 6.07) is 17.9. The molecule has 2 atom stereocenters. The first-order valence-electron chi connectivity index (χ1n) is 6.75. The molecule has 0 bridgehead atoms. The molecule has 5 heteroatoms. The van der Waals surface area contributed by atoms with Gasteiger partial charge in [0.1, 0.15) is 0 Å². The van der Waals surface area contributed by atoms with Crippen LogP contribution in [0.25, 0.3) is 0 Å². The van der Waals surface area contributed by atoms with Crippen LogP contribution in [0.3, 0.4) is 0 Å². The quantitative estimate of drug-likeness (QED) is 0.871. The third-order valence-electron chi connectivity index (χ3n) is 3.33. The number of benzene rings is 2. The molecule has 0 aromatic heterocycles. The van der Waals surface area contributed by atoms with Gasteiger partial charge in [-0.2, -0.15) is 0 Å². The first-order chi connectivity index (χ1) is 10.1. The van der Waals surface area contributed by atoms with Gasteiger partial charge in [0.25, 0.3) is 0 Å². The second-order valence-corrected chi connectivity index (χ2v) is 6.96. The van der Waals surface area contributed by atoms with E-state index in [2.05, 4.69) is 0 Å². The Bertz CT molecular complexity index is 683. The molecule has 0 N–H and O–H groups in total. The van der Waals surface area contributed by atoms with Crippen molar-refractivity contribution < 1.29 is 17.9 Å². The highest BCUT2D eigenvalue weighted by molar-refractivity contribution is 7.91. The summed E-state index contributed by atoms with van der Waals surface area (Å²) in [6.45, 7) is 0.283. The van der Waals surface area contributed by atoms with E-state index in [1.165, 1.54) is 0 Å². The van der Waals surface area contributed by atoms with Gasteiger partial charge < -0.3 is 9.47 Å². The molecule has 1 aliphatic rings. The fourth-order valence-electron chi connectivity index (χ4n) is 2.29. The van der Waals surface area contributed by atoms with Crippen LogP contribution < -0.4 is 0 Å². The predicted molar refractivity (Wildman–Crippen MR) is 78.5 cm³/mol. The van der Waals surface area contributed by atoms with Gasteiger partial charge in [-0.3, -0.25) is 0 Å². The van der Waals surface area contributed by atoms with Gasteiger partial charge in [0, 0.05) is 5.56 Å². The number of ether oxygens (including phenoxy) is 2. The summed E-state index contributed by atoms with van der Waals surface area (Å²) < 4.78 is 35.8. The zero-order valence-electron chi connectivity index (χ0n) is 11.4. The average molecular weight is 304 g/mol. The SMILES string of the molecule is O=S(=O)(CC1COC(c2ccccc2)O1)c1ccccc1. The molecule has 3 rings (SSSR count). The summed E-state index contributed by atoms with van der Waals surface area (Å²) in [5.41, 5.74) is 0.900. The highest BCUT2D eigenvalue weighted by Gasteiger charge is 2.31. The predicted octanol–water partition coefficient (Wildman–Crippen LogP) is 2.57. The van der Waals surface area contributed by atoms with E-state index < -0.39 is 22.2 Å². The van der Waals surface area contributed by atoms with E-state index in [0.29, 0.717) is 4.90 Å². The molecule has 1 aliphatic heterocycles. The maximum atomic E-state index is 12.3. The third-order valence-corrected chi connectivity index (χ3v) is 5.13. The Morgan fingerprint density at radius 1 is 0.952 bits per heavy atom. The molecular weight excluding hydrogens is 288 g/mol. The summed E-state index contributed by atoms with van der Waals surface area (Å²) >= 11 is 0. The van der Waals surface area contributed by atoms with Crippen molar-refractivity contribution in [3.8, 4) is 0 Å². The van der Waals surface area contributed by atoms with E-state index in [9.17, 15) is 8.42 Å². The monoisotopic (exact) mass is 304 g/mol. The van der Waals surface area contributed by atoms with Gasteiger partial charge in [-0.25, -0.2) is 8.42 Å². The summed E-state index contributed by atoms with van der Waals surface area (Å²) in [4.78, 5) is 0.316. The molecular formula is C16H16O4S. The van der Waals surface area contributed by atoms with Crippen LogP contribution in [0.2, 0.25) is 0 Å². The van der Waals surface area contributed by atoms with Crippen molar-refractivity contribution in [2.24, 2.45) is 0 Å². The van der Waals surface area contributed by atoms with Gasteiger partial charge in [0.05, 0.1) is 23.4 Å². The van der Waals surface area contributed by atoms with Crippen LogP contribution >= 0.6 is 0 Å². The van der Waals surface area contributed by atoms with Gasteiger partial charge >= 0.3 is 0 Å². The lowest BCUT2D eigenvalue weighted by atomic mass is 10.2. The van der Waals surface area contributed by atoms with Crippen LogP contribution in [0.5, 0.6) is 0 Å². The lowest BCUT2D eigenvalue weighted by Crippen LogP contribution is -2.23. The van der Waals surface area contributed by atoms with Crippen LogP contribution in [0.4, 0.5) is 0 Å². The molecule has 0 radical (unpaired) electrons. The maximum Gasteiger partial charge on any atom is 0.184 e. The van der Waals surface area contributed by atoms with Crippen molar-refractivity contribution in [1.29, 1.82) is 0 Å². The highest BCUT2D eigenvalue weighted by Crippen LogP contribution is 2.28. The Morgan fingerprint density at radius 2 is 1.57 bits per heavy atom. The second-order valence-electron chi connectivity index (χ2n) is 4.93. The first-order valence-corrected chi connectivity index (χ1v) is 8.40. The van der Waals surface area contributed by atoms with Gasteiger partial charge in [0.15, 0.2) is 16.1 Å². The molecule has 1 heterocycles. The summed E-state index contributed by atoms with van der Waals surface area (Å²) in [5.74, 6) is -0.0691. The molecule has 0 aliphatic carbocycles. The normalized spacial score (nSPS) is 22.3. The van der Waals surface area contributed by atoms with Gasteiger partial charge in [-0.15, -0.1) is 0 Å². The van der Waals surface area contributed by atoms with Crippen molar-refractivity contribution >= 4 is 9.84 Å². The molecule has 2 aromatic rings. The first kappa shape index (κ1) is 14.3. The molecule has 110 valence electrons. The molecule has 0 amide bonds. The lowest BCUT2D eigenvalue weighted by Gasteiger charge is -2.12. The maximum absolute atomic E-state index is 12.3. The van der Waals surface area contributed by atoms with E-state index in [-0.39, 0.29) is 12.4 Å². The summed E-state index contributed by atoms with van der Waals surface area (Å²) in [7, 11) is -3.35. The van der Waals surface area contributed by atoms with Crippen molar-refractivity contribution in [2.45, 2.75) is 17.3 Å². The van der Waals surface area contributed by atoms with Gasteiger partial charge in [0.2, 0.25) is 0 Å². The van der Waals surface area contributed by atoms with Crippen molar-refractivity contribution in [3.05, 3.63) is 66.2 Å². The van der Waals surface area contributed by atoms with Crippen molar-refractivity contribution in [3.63, 3.8) is 0 Å². The Balaban J connectivity index is 1.68. The Morgan fingerprint density at radius 3 is 2.24 bits per heavy atom. The number of sulfone groups is 1. The highest BCUT2D eigenvalue weighted by atomic mass is 32.2. The molecule has 0 saturated carbocycles. The number of hydrogen-bond acceptors (Lipinski definition) is 4. The number of hydrogen-bond donors (Lipinski definition) is 0. The van der Waals surface area contributed by atoms with Crippen LogP contribution in [0, 0.1) is 0 Å². The summed E-state index contributed by atoms with van der Waals surface area (Å²) in [6.07, 6.45) is -0.928. The topological polar surface area (TPSA) is 52.6 Å². The number of rotatable bonds is 4. The molecule has 4 nitrogen and oxygen atoms in total. The molecule has 21 heavy (non-hydrogen) atoms. The van der Waals surface area contributed by atoms with Crippen LogP contribution in [-0.4, -0.2) is 26.9 Å². The minimum absolute atomic E-state index is 0.0691. The van der Waals surface area contributed by atoms with Gasteiger partial charge in [-0.1, -0.05) is 48.5 Å². The Labute approximate surface area is 124 Å².